The molecule has 18 heavy (non-hydrogen) atoms. The van der Waals surface area contributed by atoms with E-state index in [-0.39, 0.29) is 43.5 Å². The van der Waals surface area contributed by atoms with Gasteiger partial charge in [0, 0.05) is 43.2 Å². The average Bonchev–Trinajstić information content (AvgIpc) is 2.64. The van der Waals surface area contributed by atoms with Crippen molar-refractivity contribution in [2.75, 3.05) is 13.2 Å². The van der Waals surface area contributed by atoms with E-state index in [1.165, 1.54) is 4.90 Å². The van der Waals surface area contributed by atoms with E-state index in [4.69, 9.17) is 5.11 Å². The van der Waals surface area contributed by atoms with Crippen molar-refractivity contribution >= 4 is 5.91 Å². The van der Waals surface area contributed by atoms with Crippen LogP contribution in [0.2, 0.25) is 0 Å². The summed E-state index contributed by atoms with van der Waals surface area (Å²) >= 11 is 0. The molecular weight excluding hydrogens is 247 g/mol. The number of amides is 1. The van der Waals surface area contributed by atoms with Gasteiger partial charge in [-0.1, -0.05) is 0 Å². The van der Waals surface area contributed by atoms with Crippen LogP contribution in [0.5, 0.6) is 0 Å². The van der Waals surface area contributed by atoms with E-state index in [0.717, 1.165) is 0 Å². The lowest BCUT2D eigenvalue weighted by Crippen LogP contribution is -2.26. The number of carbonyl (C=O) groups excluding carboxylic acids is 1. The molecule has 0 bridgehead atoms. The average molecular weight is 259 g/mol. The SMILES string of the molecule is O=C1CC(CO)CN1Cc1c(F)cc(F)cc1F. The van der Waals surface area contributed by atoms with Gasteiger partial charge in [0.15, 0.2) is 0 Å². The lowest BCUT2D eigenvalue weighted by Gasteiger charge is -2.17. The molecule has 1 aliphatic heterocycles. The van der Waals surface area contributed by atoms with Crippen LogP contribution in [0, 0.1) is 23.4 Å². The number of hydrogen-bond acceptors (Lipinski definition) is 2. The zero-order valence-corrected chi connectivity index (χ0v) is 9.50. The third kappa shape index (κ3) is 2.48. The summed E-state index contributed by atoms with van der Waals surface area (Å²) in [5.41, 5.74) is -0.330. The minimum atomic E-state index is -1.01. The molecule has 1 atom stereocenters. The molecule has 0 aliphatic carbocycles. The molecule has 98 valence electrons. The number of aliphatic hydroxyl groups is 1. The predicted molar refractivity (Wildman–Crippen MR) is 56.9 cm³/mol. The number of likely N-dealkylation sites (tertiary alicyclic amines) is 1. The first-order chi connectivity index (χ1) is 8.51. The van der Waals surface area contributed by atoms with Crippen molar-refractivity contribution in [2.45, 2.75) is 13.0 Å². The fraction of sp³-hybridized carbons (Fsp3) is 0.417. The van der Waals surface area contributed by atoms with Crippen molar-refractivity contribution in [1.82, 2.24) is 4.90 Å². The Labute approximate surface area is 102 Å². The van der Waals surface area contributed by atoms with Crippen LogP contribution in [0.4, 0.5) is 13.2 Å². The van der Waals surface area contributed by atoms with E-state index in [0.29, 0.717) is 12.1 Å². The van der Waals surface area contributed by atoms with Gasteiger partial charge in [-0.25, -0.2) is 13.2 Å². The number of carbonyl (C=O) groups is 1. The third-order valence-corrected chi connectivity index (χ3v) is 3.01. The monoisotopic (exact) mass is 259 g/mol. The highest BCUT2D eigenvalue weighted by atomic mass is 19.1. The molecule has 2 rings (SSSR count). The Morgan fingerprint density at radius 2 is 1.89 bits per heavy atom. The molecule has 1 N–H and O–H groups in total. The summed E-state index contributed by atoms with van der Waals surface area (Å²) in [6, 6.07) is 1.17. The van der Waals surface area contributed by atoms with Crippen molar-refractivity contribution < 1.29 is 23.1 Å². The summed E-state index contributed by atoms with van der Waals surface area (Å²) in [4.78, 5) is 12.8. The second-order valence-electron chi connectivity index (χ2n) is 4.37. The summed E-state index contributed by atoms with van der Waals surface area (Å²) in [6.45, 7) is -0.129. The van der Waals surface area contributed by atoms with Crippen LogP contribution in [0.1, 0.15) is 12.0 Å². The Kier molecular flexibility index (Phi) is 3.56. The Balaban J connectivity index is 2.17. The van der Waals surface area contributed by atoms with Crippen molar-refractivity contribution in [3.8, 4) is 0 Å². The molecule has 1 saturated heterocycles. The lowest BCUT2D eigenvalue weighted by atomic mass is 10.1. The Bertz CT molecular complexity index is 455. The highest BCUT2D eigenvalue weighted by Crippen LogP contribution is 2.22. The van der Waals surface area contributed by atoms with E-state index in [1.54, 1.807) is 0 Å². The Hall–Kier alpha value is -1.56. The van der Waals surface area contributed by atoms with Gasteiger partial charge in [0.1, 0.15) is 17.5 Å². The van der Waals surface area contributed by atoms with Gasteiger partial charge in [-0.15, -0.1) is 0 Å². The van der Waals surface area contributed by atoms with Crippen LogP contribution in [0.3, 0.4) is 0 Å². The molecule has 1 aliphatic rings. The number of halogens is 3. The summed E-state index contributed by atoms with van der Waals surface area (Å²) in [7, 11) is 0. The van der Waals surface area contributed by atoms with Gasteiger partial charge in [0.25, 0.3) is 0 Å². The van der Waals surface area contributed by atoms with Crippen LogP contribution in [0.25, 0.3) is 0 Å². The normalized spacial score (nSPS) is 19.7. The van der Waals surface area contributed by atoms with E-state index in [1.807, 2.05) is 0 Å². The van der Waals surface area contributed by atoms with E-state index >= 15 is 0 Å². The standard InChI is InChI=1S/C12H12F3NO2/c13-8-2-10(14)9(11(15)3-8)5-16-4-7(6-17)1-12(16)18/h2-3,7,17H,1,4-6H2. The van der Waals surface area contributed by atoms with Gasteiger partial charge in [-0.2, -0.15) is 0 Å². The molecule has 1 amide bonds. The molecule has 0 spiro atoms. The maximum atomic E-state index is 13.4. The maximum Gasteiger partial charge on any atom is 0.223 e. The molecule has 0 aromatic heterocycles. The lowest BCUT2D eigenvalue weighted by molar-refractivity contribution is -0.128. The first-order valence-corrected chi connectivity index (χ1v) is 5.53. The van der Waals surface area contributed by atoms with E-state index < -0.39 is 17.5 Å². The number of nitrogens with zero attached hydrogens (tertiary/aromatic N) is 1. The molecule has 0 saturated carbocycles. The smallest absolute Gasteiger partial charge is 0.223 e. The molecule has 1 aromatic carbocycles. The van der Waals surface area contributed by atoms with Crippen molar-refractivity contribution in [2.24, 2.45) is 5.92 Å². The molecular formula is C12H12F3NO2. The van der Waals surface area contributed by atoms with Crippen molar-refractivity contribution in [1.29, 1.82) is 0 Å². The van der Waals surface area contributed by atoms with Gasteiger partial charge in [-0.05, 0) is 0 Å². The van der Waals surface area contributed by atoms with Gasteiger partial charge >= 0.3 is 0 Å². The Morgan fingerprint density at radius 1 is 1.28 bits per heavy atom. The quantitative estimate of drug-likeness (QED) is 0.892. The fourth-order valence-electron chi connectivity index (χ4n) is 2.04. The first kappa shape index (κ1) is 12.9. The van der Waals surface area contributed by atoms with Crippen molar-refractivity contribution in [3.63, 3.8) is 0 Å². The van der Waals surface area contributed by atoms with E-state index in [9.17, 15) is 18.0 Å². The number of aliphatic hydroxyl groups excluding tert-OH is 1. The van der Waals surface area contributed by atoms with Crippen LogP contribution in [-0.4, -0.2) is 29.1 Å². The van der Waals surface area contributed by atoms with E-state index in [2.05, 4.69) is 0 Å². The van der Waals surface area contributed by atoms with Crippen LogP contribution < -0.4 is 0 Å². The number of hydrogen-bond donors (Lipinski definition) is 1. The molecule has 1 unspecified atom stereocenters. The van der Waals surface area contributed by atoms with Gasteiger partial charge in [-0.3, -0.25) is 4.79 Å². The number of rotatable bonds is 3. The molecule has 3 nitrogen and oxygen atoms in total. The van der Waals surface area contributed by atoms with Gasteiger partial charge < -0.3 is 10.0 Å². The first-order valence-electron chi connectivity index (χ1n) is 5.53. The summed E-state index contributed by atoms with van der Waals surface area (Å²) in [6.07, 6.45) is 0.168. The summed E-state index contributed by atoms with van der Waals surface area (Å²) in [5.74, 6) is -3.48. The van der Waals surface area contributed by atoms with Crippen LogP contribution in [-0.2, 0) is 11.3 Å². The number of benzene rings is 1. The second-order valence-corrected chi connectivity index (χ2v) is 4.37. The topological polar surface area (TPSA) is 40.5 Å². The minimum absolute atomic E-state index is 0.142. The Morgan fingerprint density at radius 3 is 2.39 bits per heavy atom. The minimum Gasteiger partial charge on any atom is -0.396 e. The molecule has 0 radical (unpaired) electrons. The van der Waals surface area contributed by atoms with Gasteiger partial charge in [0.05, 0.1) is 6.54 Å². The highest BCUT2D eigenvalue weighted by molar-refractivity contribution is 5.78. The molecule has 1 fully saturated rings. The van der Waals surface area contributed by atoms with Crippen LogP contribution in [0.15, 0.2) is 12.1 Å². The predicted octanol–water partition coefficient (Wildman–Crippen LogP) is 1.44. The fourth-order valence-corrected chi connectivity index (χ4v) is 2.04. The second kappa shape index (κ2) is 4.97. The van der Waals surface area contributed by atoms with Crippen molar-refractivity contribution in [3.05, 3.63) is 35.1 Å². The zero-order valence-electron chi connectivity index (χ0n) is 9.50. The van der Waals surface area contributed by atoms with Crippen LogP contribution >= 0.6 is 0 Å². The summed E-state index contributed by atoms with van der Waals surface area (Å²) < 4.78 is 39.5. The zero-order chi connectivity index (χ0) is 13.3. The molecule has 1 heterocycles. The largest absolute Gasteiger partial charge is 0.396 e. The molecule has 1 aromatic rings. The maximum absolute atomic E-state index is 13.4. The summed E-state index contributed by atoms with van der Waals surface area (Å²) in [5, 5.41) is 8.94. The third-order valence-electron chi connectivity index (χ3n) is 3.01. The molecule has 6 heteroatoms. The highest BCUT2D eigenvalue weighted by Gasteiger charge is 2.30. The van der Waals surface area contributed by atoms with Gasteiger partial charge in [0.2, 0.25) is 5.91 Å².